The van der Waals surface area contributed by atoms with Crippen molar-refractivity contribution in [2.24, 2.45) is 0 Å². The molecule has 0 unspecified atom stereocenters. The van der Waals surface area contributed by atoms with Gasteiger partial charge in [-0.15, -0.1) is 0 Å². The summed E-state index contributed by atoms with van der Waals surface area (Å²) in [5, 5.41) is 3.07. The fourth-order valence-electron chi connectivity index (χ4n) is 2.84. The lowest BCUT2D eigenvalue weighted by atomic mass is 10.1. The molecule has 1 aromatic carbocycles. The highest BCUT2D eigenvalue weighted by Gasteiger charge is 2.19. The Morgan fingerprint density at radius 1 is 1.17 bits per heavy atom. The zero-order valence-corrected chi connectivity index (χ0v) is 11.6. The van der Waals surface area contributed by atoms with Crippen molar-refractivity contribution in [2.75, 3.05) is 25.0 Å². The van der Waals surface area contributed by atoms with Crippen LogP contribution >= 0.6 is 0 Å². The number of hydrogen-bond acceptors (Lipinski definition) is 1. The van der Waals surface area contributed by atoms with Crippen molar-refractivity contribution in [3.63, 3.8) is 0 Å². The van der Waals surface area contributed by atoms with Crippen LogP contribution in [-0.4, -0.2) is 25.5 Å². The first-order chi connectivity index (χ1) is 8.56. The first-order valence-corrected chi connectivity index (χ1v) is 6.77. The van der Waals surface area contributed by atoms with Crippen LogP contribution in [0.1, 0.15) is 29.5 Å². The van der Waals surface area contributed by atoms with Crippen LogP contribution in [0.15, 0.2) is 12.1 Å². The van der Waals surface area contributed by atoms with E-state index in [1.54, 1.807) is 0 Å². The number of rotatable bonds is 3. The number of aryl methyl sites for hydroxylation is 3. The molecule has 1 amide bonds. The summed E-state index contributed by atoms with van der Waals surface area (Å²) in [6.07, 6.45) is 2.51. The van der Waals surface area contributed by atoms with Gasteiger partial charge >= 0.3 is 0 Å². The quantitative estimate of drug-likeness (QED) is 0.827. The first-order valence-electron chi connectivity index (χ1n) is 6.77. The van der Waals surface area contributed by atoms with Crippen LogP contribution < -0.4 is 10.2 Å². The number of likely N-dealkylation sites (tertiary alicyclic amines) is 1. The summed E-state index contributed by atoms with van der Waals surface area (Å²) in [6.45, 7) is 9.07. The largest absolute Gasteiger partial charge is 0.327 e. The van der Waals surface area contributed by atoms with Gasteiger partial charge in [-0.25, -0.2) is 0 Å². The summed E-state index contributed by atoms with van der Waals surface area (Å²) in [5.41, 5.74) is 4.53. The van der Waals surface area contributed by atoms with Crippen molar-refractivity contribution in [1.29, 1.82) is 0 Å². The SMILES string of the molecule is Cc1cc(C)c(NC(=O)C[NH+]2CCCC2)c(C)c1. The van der Waals surface area contributed by atoms with Gasteiger partial charge in [-0.3, -0.25) is 4.79 Å². The number of amides is 1. The van der Waals surface area contributed by atoms with Gasteiger partial charge in [0.05, 0.1) is 13.1 Å². The molecular formula is C15H23N2O+. The predicted octanol–water partition coefficient (Wildman–Crippen LogP) is 1.23. The van der Waals surface area contributed by atoms with Crippen LogP contribution in [0, 0.1) is 20.8 Å². The smallest absolute Gasteiger partial charge is 0.279 e. The predicted molar refractivity (Wildman–Crippen MR) is 74.1 cm³/mol. The van der Waals surface area contributed by atoms with Gasteiger partial charge < -0.3 is 10.2 Å². The van der Waals surface area contributed by atoms with Crippen molar-refractivity contribution in [2.45, 2.75) is 33.6 Å². The third-order valence-corrected chi connectivity index (χ3v) is 3.66. The number of quaternary nitrogens is 1. The lowest BCUT2D eigenvalue weighted by Crippen LogP contribution is -3.11. The molecule has 0 aliphatic carbocycles. The second-order valence-corrected chi connectivity index (χ2v) is 5.46. The van der Waals surface area contributed by atoms with Crippen LogP contribution in [0.5, 0.6) is 0 Å². The van der Waals surface area contributed by atoms with E-state index >= 15 is 0 Å². The molecule has 1 saturated heterocycles. The summed E-state index contributed by atoms with van der Waals surface area (Å²) < 4.78 is 0. The lowest BCUT2D eigenvalue weighted by molar-refractivity contribution is -0.878. The Morgan fingerprint density at radius 3 is 2.28 bits per heavy atom. The summed E-state index contributed by atoms with van der Waals surface area (Å²) in [6, 6.07) is 4.23. The summed E-state index contributed by atoms with van der Waals surface area (Å²) in [4.78, 5) is 13.4. The van der Waals surface area contributed by atoms with Crippen LogP contribution in [0.4, 0.5) is 5.69 Å². The third-order valence-electron chi connectivity index (χ3n) is 3.66. The molecule has 18 heavy (non-hydrogen) atoms. The number of carbonyl (C=O) groups is 1. The van der Waals surface area contributed by atoms with Gasteiger partial charge in [0.15, 0.2) is 6.54 Å². The second kappa shape index (κ2) is 5.53. The zero-order chi connectivity index (χ0) is 13.1. The number of nitrogens with one attached hydrogen (secondary N) is 2. The Balaban J connectivity index is 2.02. The van der Waals surface area contributed by atoms with Gasteiger partial charge in [-0.1, -0.05) is 17.7 Å². The molecule has 3 heteroatoms. The lowest BCUT2D eigenvalue weighted by Gasteiger charge is -2.15. The van der Waals surface area contributed by atoms with E-state index in [0.717, 1.165) is 29.9 Å². The number of benzene rings is 1. The van der Waals surface area contributed by atoms with Gasteiger partial charge in [0.2, 0.25) is 0 Å². The van der Waals surface area contributed by atoms with E-state index < -0.39 is 0 Å². The molecule has 0 atom stereocenters. The number of hydrogen-bond donors (Lipinski definition) is 2. The van der Waals surface area contributed by atoms with Crippen LogP contribution in [0.3, 0.4) is 0 Å². The van der Waals surface area contributed by atoms with E-state index in [9.17, 15) is 4.79 Å². The summed E-state index contributed by atoms with van der Waals surface area (Å²) in [7, 11) is 0. The van der Waals surface area contributed by atoms with E-state index in [4.69, 9.17) is 0 Å². The molecular weight excluding hydrogens is 224 g/mol. The second-order valence-electron chi connectivity index (χ2n) is 5.46. The van der Waals surface area contributed by atoms with Gasteiger partial charge in [0, 0.05) is 18.5 Å². The Bertz CT molecular complexity index is 425. The number of anilines is 1. The van der Waals surface area contributed by atoms with Crippen LogP contribution in [-0.2, 0) is 4.79 Å². The Kier molecular flexibility index (Phi) is 4.02. The molecule has 1 aliphatic heterocycles. The minimum Gasteiger partial charge on any atom is -0.327 e. The normalized spacial score (nSPS) is 15.9. The topological polar surface area (TPSA) is 33.5 Å². The van der Waals surface area contributed by atoms with Crippen molar-refractivity contribution in [3.8, 4) is 0 Å². The molecule has 1 aromatic rings. The highest BCUT2D eigenvalue weighted by atomic mass is 16.2. The van der Waals surface area contributed by atoms with Crippen molar-refractivity contribution < 1.29 is 9.69 Å². The molecule has 0 spiro atoms. The molecule has 0 saturated carbocycles. The third kappa shape index (κ3) is 3.10. The molecule has 2 rings (SSSR count). The maximum absolute atomic E-state index is 12.0. The first kappa shape index (κ1) is 13.1. The van der Waals surface area contributed by atoms with Crippen molar-refractivity contribution in [3.05, 3.63) is 28.8 Å². The fraction of sp³-hybridized carbons (Fsp3) is 0.533. The molecule has 1 heterocycles. The van der Waals surface area contributed by atoms with Gasteiger partial charge in [0.25, 0.3) is 5.91 Å². The summed E-state index contributed by atoms with van der Waals surface area (Å²) >= 11 is 0. The summed E-state index contributed by atoms with van der Waals surface area (Å²) in [5.74, 6) is 0.141. The van der Waals surface area contributed by atoms with Gasteiger partial charge in [0.1, 0.15) is 0 Å². The highest BCUT2D eigenvalue weighted by Crippen LogP contribution is 2.21. The van der Waals surface area contributed by atoms with E-state index in [1.165, 1.54) is 23.3 Å². The maximum Gasteiger partial charge on any atom is 0.279 e. The standard InChI is InChI=1S/C15H22N2O/c1-11-8-12(2)15(13(3)9-11)16-14(18)10-17-6-4-5-7-17/h8-9H,4-7,10H2,1-3H3,(H,16,18)/p+1. The molecule has 3 nitrogen and oxygen atoms in total. The molecule has 1 fully saturated rings. The molecule has 2 N–H and O–H groups in total. The van der Waals surface area contributed by atoms with Gasteiger partial charge in [-0.2, -0.15) is 0 Å². The maximum atomic E-state index is 12.0. The molecule has 1 aliphatic rings. The highest BCUT2D eigenvalue weighted by molar-refractivity contribution is 5.93. The molecule has 0 radical (unpaired) electrons. The average Bonchev–Trinajstić information content (AvgIpc) is 2.76. The molecule has 0 bridgehead atoms. The van der Waals surface area contributed by atoms with Crippen LogP contribution in [0.25, 0.3) is 0 Å². The fourth-order valence-corrected chi connectivity index (χ4v) is 2.84. The van der Waals surface area contributed by atoms with E-state index in [0.29, 0.717) is 6.54 Å². The van der Waals surface area contributed by atoms with Crippen molar-refractivity contribution >= 4 is 11.6 Å². The average molecular weight is 247 g/mol. The monoisotopic (exact) mass is 247 g/mol. The minimum atomic E-state index is 0.141. The van der Waals surface area contributed by atoms with Gasteiger partial charge in [-0.05, 0) is 31.9 Å². The molecule has 0 aromatic heterocycles. The molecule has 98 valence electrons. The Labute approximate surface area is 109 Å². The Hall–Kier alpha value is -1.35. The van der Waals surface area contributed by atoms with E-state index in [-0.39, 0.29) is 5.91 Å². The Morgan fingerprint density at radius 2 is 1.72 bits per heavy atom. The van der Waals surface area contributed by atoms with E-state index in [1.807, 2.05) is 0 Å². The zero-order valence-electron chi connectivity index (χ0n) is 11.6. The number of carbonyl (C=O) groups excluding carboxylic acids is 1. The van der Waals surface area contributed by atoms with E-state index in [2.05, 4.69) is 38.2 Å². The minimum absolute atomic E-state index is 0.141. The van der Waals surface area contributed by atoms with Crippen LogP contribution in [0.2, 0.25) is 0 Å². The van der Waals surface area contributed by atoms with Crippen molar-refractivity contribution in [1.82, 2.24) is 0 Å².